The molecule has 0 radical (unpaired) electrons. The molecule has 1 spiro atoms. The summed E-state index contributed by atoms with van der Waals surface area (Å²) in [5, 5.41) is 2.91. The first-order valence-corrected chi connectivity index (χ1v) is 11.1. The molecule has 4 amide bonds. The molecule has 2 aromatic rings. The number of carbonyl (C=O) groups is 3. The van der Waals surface area contributed by atoms with Gasteiger partial charge in [-0.05, 0) is 61.3 Å². The lowest BCUT2D eigenvalue weighted by atomic mass is 9.67. The predicted molar refractivity (Wildman–Crippen MR) is 116 cm³/mol. The van der Waals surface area contributed by atoms with Crippen LogP contribution in [0, 0.1) is 11.3 Å². The number of furan rings is 2. The highest BCUT2D eigenvalue weighted by Gasteiger charge is 2.53. The zero-order chi connectivity index (χ0) is 22.9. The Bertz CT molecular complexity index is 914. The molecule has 172 valence electrons. The molecule has 4 rings (SSSR count). The minimum Gasteiger partial charge on any atom is -0.467 e. The van der Waals surface area contributed by atoms with Crippen molar-refractivity contribution in [3.63, 3.8) is 0 Å². The highest BCUT2D eigenvalue weighted by molar-refractivity contribution is 6.09. The maximum atomic E-state index is 13.3. The summed E-state index contributed by atoms with van der Waals surface area (Å²) in [5.74, 6) is 1.09. The summed E-state index contributed by atoms with van der Waals surface area (Å²) in [7, 11) is 0. The highest BCUT2D eigenvalue weighted by Crippen LogP contribution is 2.43. The van der Waals surface area contributed by atoms with E-state index >= 15 is 0 Å². The van der Waals surface area contributed by atoms with Crippen LogP contribution < -0.4 is 5.32 Å². The van der Waals surface area contributed by atoms with Crippen LogP contribution in [0.15, 0.2) is 45.6 Å². The molecule has 2 aromatic heterocycles. The molecule has 8 heteroatoms. The van der Waals surface area contributed by atoms with Crippen LogP contribution in [0.25, 0.3) is 0 Å². The standard InChI is InChI=1S/C24H31N3O5/c1-23(2,3)17-8-10-24(11-9-17)21(29)27(22(30)25-24)16-20(28)26(14-18-6-4-12-31-18)15-19-7-5-13-32-19/h4-7,12-13,17H,8-11,14-16H2,1-3H3,(H,25,30). The van der Waals surface area contributed by atoms with E-state index in [0.717, 1.165) is 17.7 Å². The van der Waals surface area contributed by atoms with E-state index in [1.807, 2.05) is 0 Å². The molecule has 2 fully saturated rings. The lowest BCUT2D eigenvalue weighted by Crippen LogP contribution is -2.51. The Balaban J connectivity index is 1.45. The Kier molecular flexibility index (Phi) is 5.88. The number of nitrogens with one attached hydrogen (secondary N) is 1. The van der Waals surface area contributed by atoms with Crippen molar-refractivity contribution in [3.8, 4) is 0 Å². The number of nitrogens with zero attached hydrogens (tertiary/aromatic N) is 2. The van der Waals surface area contributed by atoms with Crippen LogP contribution >= 0.6 is 0 Å². The number of imide groups is 1. The van der Waals surface area contributed by atoms with Crippen molar-refractivity contribution in [1.29, 1.82) is 0 Å². The lowest BCUT2D eigenvalue weighted by molar-refractivity contribution is -0.140. The van der Waals surface area contributed by atoms with Gasteiger partial charge in [0.1, 0.15) is 23.6 Å². The Morgan fingerprint density at radius 3 is 2.12 bits per heavy atom. The van der Waals surface area contributed by atoms with E-state index in [9.17, 15) is 14.4 Å². The smallest absolute Gasteiger partial charge is 0.325 e. The first kappa shape index (κ1) is 22.2. The second-order valence-corrected chi connectivity index (χ2v) is 9.95. The molecule has 3 heterocycles. The monoisotopic (exact) mass is 441 g/mol. The third-order valence-electron chi connectivity index (χ3n) is 6.81. The molecule has 2 aliphatic rings. The molecule has 0 atom stereocenters. The Labute approximate surface area is 187 Å². The van der Waals surface area contributed by atoms with Crippen LogP contribution in [0.4, 0.5) is 4.79 Å². The number of hydrogen-bond donors (Lipinski definition) is 1. The largest absolute Gasteiger partial charge is 0.467 e. The lowest BCUT2D eigenvalue weighted by Gasteiger charge is -2.40. The minimum absolute atomic E-state index is 0.168. The van der Waals surface area contributed by atoms with Gasteiger partial charge < -0.3 is 19.1 Å². The predicted octanol–water partition coefficient (Wildman–Crippen LogP) is 3.93. The van der Waals surface area contributed by atoms with Gasteiger partial charge in [-0.1, -0.05) is 20.8 Å². The van der Waals surface area contributed by atoms with Crippen molar-refractivity contribution in [2.45, 2.75) is 65.1 Å². The Morgan fingerprint density at radius 2 is 1.66 bits per heavy atom. The average molecular weight is 442 g/mol. The minimum atomic E-state index is -0.883. The summed E-state index contributed by atoms with van der Waals surface area (Å²) in [5.41, 5.74) is -0.715. The molecule has 8 nitrogen and oxygen atoms in total. The second kappa shape index (κ2) is 8.48. The molecule has 1 saturated carbocycles. The van der Waals surface area contributed by atoms with Crippen molar-refractivity contribution in [2.75, 3.05) is 6.54 Å². The van der Waals surface area contributed by atoms with Crippen LogP contribution in [0.1, 0.15) is 58.0 Å². The normalized spacial score (nSPS) is 23.6. The van der Waals surface area contributed by atoms with E-state index in [1.54, 1.807) is 36.8 Å². The van der Waals surface area contributed by atoms with Gasteiger partial charge in [-0.3, -0.25) is 14.5 Å². The number of urea groups is 1. The number of hydrogen-bond acceptors (Lipinski definition) is 5. The maximum absolute atomic E-state index is 13.3. The number of rotatable bonds is 6. The van der Waals surface area contributed by atoms with Gasteiger partial charge in [-0.2, -0.15) is 0 Å². The third kappa shape index (κ3) is 4.45. The van der Waals surface area contributed by atoms with Crippen molar-refractivity contribution in [3.05, 3.63) is 48.3 Å². The molecular weight excluding hydrogens is 410 g/mol. The Morgan fingerprint density at radius 1 is 1.09 bits per heavy atom. The van der Waals surface area contributed by atoms with E-state index in [4.69, 9.17) is 8.83 Å². The van der Waals surface area contributed by atoms with Gasteiger partial charge in [0.25, 0.3) is 5.91 Å². The fourth-order valence-electron chi connectivity index (χ4n) is 4.78. The van der Waals surface area contributed by atoms with Gasteiger partial charge >= 0.3 is 6.03 Å². The summed E-state index contributed by atoms with van der Waals surface area (Å²) in [6.45, 7) is 6.76. The summed E-state index contributed by atoms with van der Waals surface area (Å²) in [6, 6.07) is 6.56. The fraction of sp³-hybridized carbons (Fsp3) is 0.542. The second-order valence-electron chi connectivity index (χ2n) is 9.95. The molecular formula is C24H31N3O5. The fourth-order valence-corrected chi connectivity index (χ4v) is 4.78. The zero-order valence-electron chi connectivity index (χ0n) is 18.9. The first-order valence-electron chi connectivity index (χ1n) is 11.1. The molecule has 0 unspecified atom stereocenters. The topological polar surface area (TPSA) is 96.0 Å². The zero-order valence-corrected chi connectivity index (χ0v) is 18.9. The van der Waals surface area contributed by atoms with Gasteiger partial charge in [0.2, 0.25) is 5.91 Å². The number of carbonyl (C=O) groups excluding carboxylic acids is 3. The van der Waals surface area contributed by atoms with Gasteiger partial charge in [0, 0.05) is 0 Å². The quantitative estimate of drug-likeness (QED) is 0.685. The van der Waals surface area contributed by atoms with Crippen LogP contribution in [0.3, 0.4) is 0 Å². The summed E-state index contributed by atoms with van der Waals surface area (Å²) >= 11 is 0. The summed E-state index contributed by atoms with van der Waals surface area (Å²) in [4.78, 5) is 41.8. The van der Waals surface area contributed by atoms with Gasteiger partial charge in [0.05, 0.1) is 25.6 Å². The van der Waals surface area contributed by atoms with E-state index in [1.165, 1.54) is 4.90 Å². The molecule has 1 saturated heterocycles. The molecule has 32 heavy (non-hydrogen) atoms. The van der Waals surface area contributed by atoms with Crippen LogP contribution in [-0.2, 0) is 22.7 Å². The molecule has 0 aromatic carbocycles. The van der Waals surface area contributed by atoms with Gasteiger partial charge in [-0.15, -0.1) is 0 Å². The maximum Gasteiger partial charge on any atom is 0.325 e. The SMILES string of the molecule is CC(C)(C)C1CCC2(CC1)NC(=O)N(CC(=O)N(Cc1ccco1)Cc1ccco1)C2=O. The molecule has 1 aliphatic carbocycles. The molecule has 1 N–H and O–H groups in total. The average Bonchev–Trinajstić information content (AvgIpc) is 3.48. The van der Waals surface area contributed by atoms with Crippen LogP contribution in [-0.4, -0.2) is 39.7 Å². The van der Waals surface area contributed by atoms with Crippen LogP contribution in [0.5, 0.6) is 0 Å². The Hall–Kier alpha value is -3.03. The first-order chi connectivity index (χ1) is 15.2. The van der Waals surface area contributed by atoms with Gasteiger partial charge in [-0.25, -0.2) is 4.79 Å². The van der Waals surface area contributed by atoms with Crippen molar-refractivity contribution in [2.24, 2.45) is 11.3 Å². The molecule has 0 bridgehead atoms. The summed E-state index contributed by atoms with van der Waals surface area (Å²) in [6.07, 6.45) is 6.04. The van der Waals surface area contributed by atoms with Crippen molar-refractivity contribution in [1.82, 2.24) is 15.1 Å². The van der Waals surface area contributed by atoms with E-state index in [-0.39, 0.29) is 36.9 Å². The van der Waals surface area contributed by atoms with E-state index in [0.29, 0.717) is 30.3 Å². The molecule has 1 aliphatic heterocycles. The van der Waals surface area contributed by atoms with Crippen LogP contribution in [0.2, 0.25) is 0 Å². The van der Waals surface area contributed by atoms with E-state index in [2.05, 4.69) is 26.1 Å². The highest BCUT2D eigenvalue weighted by atomic mass is 16.3. The van der Waals surface area contributed by atoms with Crippen molar-refractivity contribution < 1.29 is 23.2 Å². The third-order valence-corrected chi connectivity index (χ3v) is 6.81. The number of amides is 4. The van der Waals surface area contributed by atoms with E-state index < -0.39 is 11.6 Å². The van der Waals surface area contributed by atoms with Gasteiger partial charge in [0.15, 0.2) is 0 Å². The van der Waals surface area contributed by atoms with Crippen molar-refractivity contribution >= 4 is 17.8 Å². The summed E-state index contributed by atoms with van der Waals surface area (Å²) < 4.78 is 10.8.